The highest BCUT2D eigenvalue weighted by atomic mass is 15.0. The molecule has 0 atom stereocenters. The lowest BCUT2D eigenvalue weighted by Crippen LogP contribution is -2.05. The summed E-state index contributed by atoms with van der Waals surface area (Å²) in [6.45, 7) is 0. The maximum absolute atomic E-state index is 10.9. The Hall–Kier alpha value is -9.30. The van der Waals surface area contributed by atoms with Gasteiger partial charge in [0.15, 0.2) is 11.6 Å². The highest BCUT2D eigenvalue weighted by molar-refractivity contribution is 6.11. The van der Waals surface area contributed by atoms with Gasteiger partial charge in [-0.2, -0.15) is 10.5 Å². The number of benzene rings is 8. The zero-order chi connectivity index (χ0) is 43.7. The molecule has 11 aromatic rings. The number of hydrogen-bond acceptors (Lipinski definition) is 6. The lowest BCUT2D eigenvalue weighted by Gasteiger charge is -2.20. The molecule has 0 saturated carbocycles. The van der Waals surface area contributed by atoms with Crippen molar-refractivity contribution in [2.24, 2.45) is 0 Å². The Morgan fingerprint density at radius 3 is 1.34 bits per heavy atom. The molecule has 0 spiro atoms. The molecule has 0 fully saturated rings. The predicted molar refractivity (Wildman–Crippen MR) is 259 cm³/mol. The summed E-state index contributed by atoms with van der Waals surface area (Å²) in [5.41, 5.74) is 13.1. The second-order valence-corrected chi connectivity index (χ2v) is 15.7. The van der Waals surface area contributed by atoms with Crippen molar-refractivity contribution >= 4 is 21.8 Å². The number of nitriles is 2. The quantitative estimate of drug-likeness (QED) is 0.151. The Kier molecular flexibility index (Phi) is 9.82. The second kappa shape index (κ2) is 16.5. The fourth-order valence-electron chi connectivity index (χ4n) is 8.66. The molecule has 0 aliphatic heterocycles. The summed E-state index contributed by atoms with van der Waals surface area (Å²) in [6.07, 6.45) is 0. The lowest BCUT2D eigenvalue weighted by atomic mass is 9.95. The second-order valence-electron chi connectivity index (χ2n) is 15.7. The van der Waals surface area contributed by atoms with Gasteiger partial charge in [0, 0.05) is 44.2 Å². The van der Waals surface area contributed by atoms with Crippen molar-refractivity contribution in [1.82, 2.24) is 24.5 Å². The Morgan fingerprint density at radius 1 is 0.338 bits per heavy atom. The molecule has 0 bridgehead atoms. The van der Waals surface area contributed by atoms with Gasteiger partial charge in [0.2, 0.25) is 0 Å². The Bertz CT molecular complexity index is 3400. The molecular formula is C58H35N7. The van der Waals surface area contributed by atoms with Crippen molar-refractivity contribution in [2.45, 2.75) is 0 Å². The molecule has 7 heteroatoms. The largest absolute Gasteiger partial charge is 0.308 e. The first-order chi connectivity index (χ1) is 32.1. The van der Waals surface area contributed by atoms with Crippen LogP contribution in [0.1, 0.15) is 11.1 Å². The number of nitrogens with zero attached hydrogens (tertiary/aromatic N) is 7. The zero-order valence-corrected chi connectivity index (χ0v) is 34.8. The van der Waals surface area contributed by atoms with Crippen molar-refractivity contribution < 1.29 is 0 Å². The van der Waals surface area contributed by atoms with E-state index >= 15 is 0 Å². The summed E-state index contributed by atoms with van der Waals surface area (Å²) in [4.78, 5) is 21.0. The summed E-state index contributed by atoms with van der Waals surface area (Å²) in [7, 11) is 0. The molecule has 7 nitrogen and oxygen atoms in total. The third-order valence-corrected chi connectivity index (χ3v) is 11.7. The minimum Gasteiger partial charge on any atom is -0.308 e. The van der Waals surface area contributed by atoms with Crippen LogP contribution in [0.25, 0.3) is 106 Å². The monoisotopic (exact) mass is 829 g/mol. The summed E-state index contributed by atoms with van der Waals surface area (Å²) >= 11 is 0. The first kappa shape index (κ1) is 38.6. The third-order valence-electron chi connectivity index (χ3n) is 11.7. The van der Waals surface area contributed by atoms with Crippen molar-refractivity contribution in [3.63, 3.8) is 0 Å². The molecule has 0 aliphatic rings. The van der Waals surface area contributed by atoms with Crippen LogP contribution >= 0.6 is 0 Å². The van der Waals surface area contributed by atoms with Crippen molar-refractivity contribution in [3.8, 4) is 96.8 Å². The van der Waals surface area contributed by atoms with Gasteiger partial charge in [0.05, 0.1) is 62.8 Å². The van der Waals surface area contributed by atoms with Crippen LogP contribution in [0.2, 0.25) is 0 Å². The maximum Gasteiger partial charge on any atom is 0.160 e. The van der Waals surface area contributed by atoms with Gasteiger partial charge in [-0.15, -0.1) is 0 Å². The molecule has 0 unspecified atom stereocenters. The number of para-hydroxylation sites is 1. The molecule has 0 saturated heterocycles. The standard InChI is InChI=1S/C58H35N7/c59-36-38-31-48(52-34-50(39-17-5-1-6-18-39)61-57(63-52)41-21-9-3-10-22-41)56(49(32-38)53-35-51(40-19-7-2-8-20-40)62-58(64-53)42-23-11-4-12-24-42)65-54-28-16-15-27-46(54)47-30-29-43(33-55(47)65)45-26-14-13-25-44(45)37-60/h1-35H. The van der Waals surface area contributed by atoms with E-state index in [1.807, 2.05) is 176 Å². The van der Waals surface area contributed by atoms with Gasteiger partial charge in [-0.25, -0.2) is 19.9 Å². The van der Waals surface area contributed by atoms with Crippen molar-refractivity contribution in [1.29, 1.82) is 10.5 Å². The van der Waals surface area contributed by atoms with E-state index in [-0.39, 0.29) is 0 Å². The van der Waals surface area contributed by atoms with Gasteiger partial charge in [0.1, 0.15) is 0 Å². The normalized spacial score (nSPS) is 11.0. The van der Waals surface area contributed by atoms with E-state index in [0.717, 1.165) is 72.3 Å². The van der Waals surface area contributed by atoms with Crippen LogP contribution in [0.15, 0.2) is 212 Å². The molecule has 302 valence electrons. The topological polar surface area (TPSA) is 104 Å². The number of rotatable bonds is 8. The molecule has 0 radical (unpaired) electrons. The van der Waals surface area contributed by atoms with Crippen LogP contribution in [-0.2, 0) is 0 Å². The van der Waals surface area contributed by atoms with Crippen molar-refractivity contribution in [2.75, 3.05) is 0 Å². The number of aromatic nitrogens is 5. The van der Waals surface area contributed by atoms with E-state index in [2.05, 4.69) is 53.1 Å². The minimum absolute atomic E-state index is 0.436. The van der Waals surface area contributed by atoms with Crippen LogP contribution < -0.4 is 0 Å². The molecule has 11 rings (SSSR count). The fraction of sp³-hybridized carbons (Fsp3) is 0. The van der Waals surface area contributed by atoms with Crippen molar-refractivity contribution in [3.05, 3.63) is 223 Å². The third kappa shape index (κ3) is 7.16. The first-order valence-corrected chi connectivity index (χ1v) is 21.3. The SMILES string of the molecule is N#Cc1cc(-c2cc(-c3ccccc3)nc(-c3ccccc3)n2)c(-n2c3ccccc3c3ccc(-c4ccccc4C#N)cc32)c(-c2cc(-c3ccccc3)nc(-c3ccccc3)n2)c1. The maximum atomic E-state index is 10.9. The van der Waals surface area contributed by atoms with Gasteiger partial charge in [-0.05, 0) is 53.6 Å². The van der Waals surface area contributed by atoms with Crippen LogP contribution in [0, 0.1) is 22.7 Å². The molecule has 3 aromatic heterocycles. The van der Waals surface area contributed by atoms with Gasteiger partial charge >= 0.3 is 0 Å². The Labute approximate surface area is 375 Å². The minimum atomic E-state index is 0.436. The van der Waals surface area contributed by atoms with Crippen LogP contribution in [0.5, 0.6) is 0 Å². The average Bonchev–Trinajstić information content (AvgIpc) is 3.72. The van der Waals surface area contributed by atoms with E-state index in [1.165, 1.54) is 0 Å². The van der Waals surface area contributed by atoms with E-state index in [4.69, 9.17) is 19.9 Å². The van der Waals surface area contributed by atoms with E-state index < -0.39 is 0 Å². The molecular weight excluding hydrogens is 795 g/mol. The zero-order valence-electron chi connectivity index (χ0n) is 34.8. The molecule has 0 N–H and O–H groups in total. The Balaban J connectivity index is 1.30. The number of hydrogen-bond donors (Lipinski definition) is 0. The van der Waals surface area contributed by atoms with Gasteiger partial charge < -0.3 is 4.57 Å². The van der Waals surface area contributed by atoms with Gasteiger partial charge in [0.25, 0.3) is 0 Å². The summed E-state index contributed by atoms with van der Waals surface area (Å²) in [5, 5.41) is 23.2. The molecule has 0 amide bonds. The van der Waals surface area contributed by atoms with E-state index in [1.54, 1.807) is 0 Å². The van der Waals surface area contributed by atoms with Gasteiger partial charge in [-0.1, -0.05) is 170 Å². The summed E-state index contributed by atoms with van der Waals surface area (Å²) in [6, 6.07) is 75.3. The number of fused-ring (bicyclic) bond motifs is 3. The van der Waals surface area contributed by atoms with Gasteiger partial charge in [-0.3, -0.25) is 0 Å². The predicted octanol–water partition coefficient (Wildman–Crippen LogP) is 13.8. The highest BCUT2D eigenvalue weighted by Gasteiger charge is 2.25. The smallest absolute Gasteiger partial charge is 0.160 e. The molecule has 8 aromatic carbocycles. The summed E-state index contributed by atoms with van der Waals surface area (Å²) in [5.74, 6) is 1.10. The first-order valence-electron chi connectivity index (χ1n) is 21.3. The lowest BCUT2D eigenvalue weighted by molar-refractivity contribution is 1.14. The molecule has 3 heterocycles. The average molecular weight is 830 g/mol. The van der Waals surface area contributed by atoms with Crippen LogP contribution in [-0.4, -0.2) is 24.5 Å². The fourth-order valence-corrected chi connectivity index (χ4v) is 8.66. The van der Waals surface area contributed by atoms with Crippen LogP contribution in [0.4, 0.5) is 0 Å². The van der Waals surface area contributed by atoms with E-state index in [0.29, 0.717) is 45.3 Å². The Morgan fingerprint density at radius 2 is 0.800 bits per heavy atom. The van der Waals surface area contributed by atoms with E-state index in [9.17, 15) is 10.5 Å². The summed E-state index contributed by atoms with van der Waals surface area (Å²) < 4.78 is 2.27. The van der Waals surface area contributed by atoms with Crippen LogP contribution in [0.3, 0.4) is 0 Å². The highest BCUT2D eigenvalue weighted by Crippen LogP contribution is 2.44. The molecule has 65 heavy (non-hydrogen) atoms. The molecule has 0 aliphatic carbocycles.